The van der Waals surface area contributed by atoms with Crippen LogP contribution in [0.1, 0.15) is 36.2 Å². The van der Waals surface area contributed by atoms with Crippen molar-refractivity contribution in [2.45, 2.75) is 38.8 Å². The first-order valence-electron chi connectivity index (χ1n) is 8.36. The van der Waals surface area contributed by atoms with Gasteiger partial charge in [-0.05, 0) is 56.5 Å². The highest BCUT2D eigenvalue weighted by Crippen LogP contribution is 2.14. The number of nitrogens with two attached hydrogens (primary N) is 1. The van der Waals surface area contributed by atoms with Crippen molar-refractivity contribution in [3.8, 4) is 5.75 Å². The third-order valence-electron chi connectivity index (χ3n) is 3.92. The monoisotopic (exact) mass is 340 g/mol. The van der Waals surface area contributed by atoms with E-state index in [0.717, 1.165) is 12.8 Å². The van der Waals surface area contributed by atoms with Crippen LogP contribution in [-0.2, 0) is 11.2 Å². The lowest BCUT2D eigenvalue weighted by Crippen LogP contribution is -2.41. The lowest BCUT2D eigenvalue weighted by atomic mass is 10.1. The van der Waals surface area contributed by atoms with Crippen LogP contribution in [0.4, 0.5) is 0 Å². The maximum atomic E-state index is 12.2. The fourth-order valence-corrected chi connectivity index (χ4v) is 2.42. The summed E-state index contributed by atoms with van der Waals surface area (Å²) in [5.74, 6) is -0.145. The highest BCUT2D eigenvalue weighted by molar-refractivity contribution is 5.92. The SMILES string of the molecule is C[C@H](CCc1ccccc1)NC(=O)[C@@H](C)Oc1ccc(C(N)=O)cc1. The average molecular weight is 340 g/mol. The number of primary amides is 1. The van der Waals surface area contributed by atoms with E-state index >= 15 is 0 Å². The molecule has 2 aromatic carbocycles. The van der Waals surface area contributed by atoms with Gasteiger partial charge in [-0.15, -0.1) is 0 Å². The van der Waals surface area contributed by atoms with Crippen LogP contribution < -0.4 is 15.8 Å². The molecule has 0 saturated heterocycles. The highest BCUT2D eigenvalue weighted by atomic mass is 16.5. The molecule has 2 amide bonds. The molecular weight excluding hydrogens is 316 g/mol. The van der Waals surface area contributed by atoms with Crippen molar-refractivity contribution >= 4 is 11.8 Å². The number of ether oxygens (including phenoxy) is 1. The molecule has 3 N–H and O–H groups in total. The van der Waals surface area contributed by atoms with E-state index in [2.05, 4.69) is 17.4 Å². The molecule has 0 radical (unpaired) electrons. The Kier molecular flexibility index (Phi) is 6.57. The van der Waals surface area contributed by atoms with Crippen molar-refractivity contribution in [3.05, 3.63) is 65.7 Å². The Morgan fingerprint density at radius 3 is 2.28 bits per heavy atom. The van der Waals surface area contributed by atoms with Gasteiger partial charge in [0, 0.05) is 11.6 Å². The van der Waals surface area contributed by atoms with Crippen LogP contribution in [0.2, 0.25) is 0 Å². The Hall–Kier alpha value is -2.82. The second-order valence-electron chi connectivity index (χ2n) is 6.08. The summed E-state index contributed by atoms with van der Waals surface area (Å²) in [6.45, 7) is 3.68. The summed E-state index contributed by atoms with van der Waals surface area (Å²) in [5, 5.41) is 2.96. The summed E-state index contributed by atoms with van der Waals surface area (Å²) >= 11 is 0. The molecule has 2 rings (SSSR count). The van der Waals surface area contributed by atoms with Gasteiger partial charge in [-0.25, -0.2) is 0 Å². The molecule has 132 valence electrons. The second kappa shape index (κ2) is 8.87. The molecule has 25 heavy (non-hydrogen) atoms. The third kappa shape index (κ3) is 5.95. The molecule has 0 fully saturated rings. The minimum atomic E-state index is -0.626. The molecule has 0 unspecified atom stereocenters. The summed E-state index contributed by atoms with van der Waals surface area (Å²) in [5.41, 5.74) is 6.85. The van der Waals surface area contributed by atoms with Gasteiger partial charge >= 0.3 is 0 Å². The van der Waals surface area contributed by atoms with E-state index in [1.54, 1.807) is 31.2 Å². The normalized spacial score (nSPS) is 12.9. The number of hydrogen-bond acceptors (Lipinski definition) is 3. The summed E-state index contributed by atoms with van der Waals surface area (Å²) < 4.78 is 5.61. The number of aryl methyl sites for hydroxylation is 1. The van der Waals surface area contributed by atoms with Crippen LogP contribution in [0, 0.1) is 0 Å². The van der Waals surface area contributed by atoms with Gasteiger partial charge in [0.05, 0.1) is 0 Å². The highest BCUT2D eigenvalue weighted by Gasteiger charge is 2.17. The summed E-state index contributed by atoms with van der Waals surface area (Å²) in [6.07, 6.45) is 1.14. The number of amides is 2. The van der Waals surface area contributed by atoms with Gasteiger partial charge in [-0.2, -0.15) is 0 Å². The Bertz CT molecular complexity index is 699. The van der Waals surface area contributed by atoms with Crippen molar-refractivity contribution in [2.75, 3.05) is 0 Å². The summed E-state index contributed by atoms with van der Waals surface area (Å²) in [4.78, 5) is 23.3. The first-order chi connectivity index (χ1) is 12.0. The van der Waals surface area contributed by atoms with Crippen molar-refractivity contribution < 1.29 is 14.3 Å². The number of rotatable bonds is 8. The average Bonchev–Trinajstić information content (AvgIpc) is 2.61. The van der Waals surface area contributed by atoms with E-state index in [-0.39, 0.29) is 11.9 Å². The number of carbonyl (C=O) groups is 2. The molecule has 0 heterocycles. The smallest absolute Gasteiger partial charge is 0.260 e. The number of carbonyl (C=O) groups excluding carboxylic acids is 2. The van der Waals surface area contributed by atoms with E-state index in [9.17, 15) is 9.59 Å². The van der Waals surface area contributed by atoms with Crippen LogP contribution in [0.15, 0.2) is 54.6 Å². The minimum absolute atomic E-state index is 0.0518. The summed E-state index contributed by atoms with van der Waals surface area (Å²) in [6, 6.07) is 16.6. The number of benzene rings is 2. The largest absolute Gasteiger partial charge is 0.481 e. The van der Waals surface area contributed by atoms with Crippen LogP contribution in [0.3, 0.4) is 0 Å². The molecule has 0 aromatic heterocycles. The molecule has 5 nitrogen and oxygen atoms in total. The van der Waals surface area contributed by atoms with E-state index in [1.165, 1.54) is 5.56 Å². The van der Waals surface area contributed by atoms with Gasteiger partial charge in [-0.3, -0.25) is 9.59 Å². The maximum absolute atomic E-state index is 12.2. The van der Waals surface area contributed by atoms with Crippen molar-refractivity contribution in [3.63, 3.8) is 0 Å². The summed E-state index contributed by atoms with van der Waals surface area (Å²) in [7, 11) is 0. The van der Waals surface area contributed by atoms with Crippen LogP contribution in [-0.4, -0.2) is 24.0 Å². The number of nitrogens with one attached hydrogen (secondary N) is 1. The van der Waals surface area contributed by atoms with Gasteiger partial charge < -0.3 is 15.8 Å². The van der Waals surface area contributed by atoms with Crippen molar-refractivity contribution in [1.29, 1.82) is 0 Å². The van der Waals surface area contributed by atoms with Gasteiger partial charge in [0.25, 0.3) is 5.91 Å². The van der Waals surface area contributed by atoms with Gasteiger partial charge in [0.2, 0.25) is 5.91 Å². The number of hydrogen-bond donors (Lipinski definition) is 2. The fourth-order valence-electron chi connectivity index (χ4n) is 2.42. The Labute approximate surface area is 148 Å². The standard InChI is InChI=1S/C20H24N2O3/c1-14(8-9-16-6-4-3-5-7-16)22-20(24)15(2)25-18-12-10-17(11-13-18)19(21)23/h3-7,10-15H,8-9H2,1-2H3,(H2,21,23)(H,22,24)/t14-,15-/m1/s1. The molecule has 5 heteroatoms. The predicted molar refractivity (Wildman–Crippen MR) is 97.4 cm³/mol. The molecule has 0 aliphatic carbocycles. The lowest BCUT2D eigenvalue weighted by molar-refractivity contribution is -0.127. The molecule has 2 aromatic rings. The zero-order chi connectivity index (χ0) is 18.2. The Morgan fingerprint density at radius 2 is 1.68 bits per heavy atom. The zero-order valence-electron chi connectivity index (χ0n) is 14.6. The zero-order valence-corrected chi connectivity index (χ0v) is 14.6. The van der Waals surface area contributed by atoms with E-state index in [4.69, 9.17) is 10.5 Å². The van der Waals surface area contributed by atoms with Crippen molar-refractivity contribution in [1.82, 2.24) is 5.32 Å². The lowest BCUT2D eigenvalue weighted by Gasteiger charge is -2.19. The second-order valence-corrected chi connectivity index (χ2v) is 6.08. The van der Waals surface area contributed by atoms with Crippen LogP contribution >= 0.6 is 0 Å². The molecule has 0 spiro atoms. The molecule has 0 aliphatic heterocycles. The van der Waals surface area contributed by atoms with Gasteiger partial charge in [-0.1, -0.05) is 30.3 Å². The first-order valence-corrected chi connectivity index (χ1v) is 8.36. The predicted octanol–water partition coefficient (Wildman–Crippen LogP) is 2.69. The Morgan fingerprint density at radius 1 is 1.04 bits per heavy atom. The van der Waals surface area contributed by atoms with Crippen LogP contribution in [0.25, 0.3) is 0 Å². The van der Waals surface area contributed by atoms with Crippen LogP contribution in [0.5, 0.6) is 5.75 Å². The minimum Gasteiger partial charge on any atom is -0.481 e. The quantitative estimate of drug-likeness (QED) is 0.775. The first kappa shape index (κ1) is 18.5. The van der Waals surface area contributed by atoms with E-state index in [0.29, 0.717) is 11.3 Å². The third-order valence-corrected chi connectivity index (χ3v) is 3.92. The van der Waals surface area contributed by atoms with Crippen molar-refractivity contribution in [2.24, 2.45) is 5.73 Å². The van der Waals surface area contributed by atoms with E-state index < -0.39 is 12.0 Å². The molecule has 0 aliphatic rings. The molecule has 2 atom stereocenters. The van der Waals surface area contributed by atoms with Gasteiger partial charge in [0.1, 0.15) is 5.75 Å². The topological polar surface area (TPSA) is 81.4 Å². The Balaban J connectivity index is 1.79. The van der Waals surface area contributed by atoms with Gasteiger partial charge in [0.15, 0.2) is 6.10 Å². The maximum Gasteiger partial charge on any atom is 0.260 e. The molecular formula is C20H24N2O3. The molecule has 0 bridgehead atoms. The molecule has 0 saturated carbocycles. The fraction of sp³-hybridized carbons (Fsp3) is 0.300. The van der Waals surface area contributed by atoms with E-state index in [1.807, 2.05) is 25.1 Å².